The van der Waals surface area contributed by atoms with E-state index in [1.54, 1.807) is 0 Å². The highest BCUT2D eigenvalue weighted by Crippen LogP contribution is 2.21. The van der Waals surface area contributed by atoms with Crippen LogP contribution in [0.15, 0.2) is 30.3 Å². The van der Waals surface area contributed by atoms with Gasteiger partial charge in [0.2, 0.25) is 5.91 Å². The van der Waals surface area contributed by atoms with Crippen molar-refractivity contribution in [2.45, 2.75) is 6.10 Å². The van der Waals surface area contributed by atoms with Crippen molar-refractivity contribution < 1.29 is 9.90 Å². The molecule has 1 atom stereocenters. The van der Waals surface area contributed by atoms with Crippen LogP contribution in [-0.4, -0.2) is 33.4 Å². The Labute approximate surface area is 97.8 Å². The van der Waals surface area contributed by atoms with Gasteiger partial charge in [-0.15, -0.1) is 0 Å². The summed E-state index contributed by atoms with van der Waals surface area (Å²) < 4.78 is 0. The zero-order chi connectivity index (χ0) is 11.5. The van der Waals surface area contributed by atoms with E-state index in [0.717, 1.165) is 5.56 Å². The maximum atomic E-state index is 11.4. The molecule has 1 aliphatic rings. The minimum absolute atomic E-state index is 0.106. The van der Waals surface area contributed by atoms with Crippen molar-refractivity contribution >= 4 is 22.8 Å². The van der Waals surface area contributed by atoms with Crippen molar-refractivity contribution in [3.05, 3.63) is 35.9 Å². The number of aliphatic hydroxyl groups excluding tert-OH is 1. The van der Waals surface area contributed by atoms with Crippen LogP contribution in [0.25, 0.3) is 0 Å². The lowest BCUT2D eigenvalue weighted by Crippen LogP contribution is -2.33. The first-order valence-electron chi connectivity index (χ1n) is 4.93. The molecule has 1 amide bonds. The molecule has 0 aromatic heterocycles. The van der Waals surface area contributed by atoms with E-state index in [2.05, 4.69) is 0 Å². The molecule has 0 radical (unpaired) electrons. The lowest BCUT2D eigenvalue weighted by molar-refractivity contribution is -0.125. The van der Waals surface area contributed by atoms with Crippen molar-refractivity contribution in [2.24, 2.45) is 0 Å². The number of hydrogen-bond donors (Lipinski definition) is 2. The number of β-amino-alcohol motifs (C(OH)–C–C–N with tert-alkyl or cyclic N) is 1. The van der Waals surface area contributed by atoms with Gasteiger partial charge in [-0.2, -0.15) is 0 Å². The van der Waals surface area contributed by atoms with Gasteiger partial charge in [-0.3, -0.25) is 15.1 Å². The molecule has 0 spiro atoms. The molecule has 2 rings (SSSR count). The van der Waals surface area contributed by atoms with E-state index in [1.165, 1.54) is 16.7 Å². The minimum atomic E-state index is -0.732. The molecule has 2 N–H and O–H groups in total. The van der Waals surface area contributed by atoms with Gasteiger partial charge in [0.1, 0.15) is 0 Å². The molecule has 1 fully saturated rings. The maximum absolute atomic E-state index is 11.4. The van der Waals surface area contributed by atoms with Crippen molar-refractivity contribution in [2.75, 3.05) is 12.3 Å². The molecule has 0 bridgehead atoms. The molecule has 0 aliphatic carbocycles. The number of hydrogen-bond acceptors (Lipinski definition) is 4. The summed E-state index contributed by atoms with van der Waals surface area (Å²) in [7, 11) is 0. The number of amides is 1. The lowest BCUT2D eigenvalue weighted by Gasteiger charge is -2.19. The van der Waals surface area contributed by atoms with Crippen molar-refractivity contribution in [3.63, 3.8) is 0 Å². The fourth-order valence-corrected chi connectivity index (χ4v) is 2.29. The molecule has 0 saturated carbocycles. The van der Waals surface area contributed by atoms with Gasteiger partial charge in [0, 0.05) is 0 Å². The SMILES string of the molecule is N=C1SCC(=O)N1CC(O)c1ccccc1. The Morgan fingerprint density at radius 1 is 1.44 bits per heavy atom. The van der Waals surface area contributed by atoms with Gasteiger partial charge >= 0.3 is 0 Å². The van der Waals surface area contributed by atoms with Gasteiger partial charge in [-0.25, -0.2) is 0 Å². The third-order valence-electron chi connectivity index (χ3n) is 2.42. The predicted octanol–water partition coefficient (Wildman–Crippen LogP) is 1.23. The van der Waals surface area contributed by atoms with Gasteiger partial charge < -0.3 is 5.11 Å². The van der Waals surface area contributed by atoms with E-state index in [0.29, 0.717) is 5.75 Å². The molecule has 1 aliphatic heterocycles. The lowest BCUT2D eigenvalue weighted by atomic mass is 10.1. The molecule has 1 unspecified atom stereocenters. The Morgan fingerprint density at radius 2 is 2.12 bits per heavy atom. The Hall–Kier alpha value is -1.33. The zero-order valence-corrected chi connectivity index (χ0v) is 9.41. The number of carbonyl (C=O) groups excluding carboxylic acids is 1. The minimum Gasteiger partial charge on any atom is -0.387 e. The normalized spacial score (nSPS) is 17.9. The monoisotopic (exact) mass is 236 g/mol. The molecule has 1 heterocycles. The van der Waals surface area contributed by atoms with E-state index in [1.807, 2.05) is 30.3 Å². The standard InChI is InChI=1S/C11H12N2O2S/c12-11-13(10(15)7-16-11)6-9(14)8-4-2-1-3-5-8/h1-5,9,12,14H,6-7H2. The first-order valence-corrected chi connectivity index (χ1v) is 5.92. The average molecular weight is 236 g/mol. The topological polar surface area (TPSA) is 64.4 Å². The second-order valence-electron chi connectivity index (χ2n) is 3.52. The summed E-state index contributed by atoms with van der Waals surface area (Å²) in [6, 6.07) is 9.16. The number of thioether (sulfide) groups is 1. The van der Waals surface area contributed by atoms with Crippen molar-refractivity contribution in [1.82, 2.24) is 4.90 Å². The zero-order valence-electron chi connectivity index (χ0n) is 8.59. The van der Waals surface area contributed by atoms with Crippen molar-refractivity contribution in [1.29, 1.82) is 5.41 Å². The second kappa shape index (κ2) is 4.67. The van der Waals surface area contributed by atoms with Gasteiger partial charge in [-0.05, 0) is 5.56 Å². The number of amidine groups is 1. The first-order chi connectivity index (χ1) is 7.68. The summed E-state index contributed by atoms with van der Waals surface area (Å²) >= 11 is 1.20. The van der Waals surface area contributed by atoms with Crippen LogP contribution >= 0.6 is 11.8 Å². The van der Waals surface area contributed by atoms with Crippen LogP contribution in [0.4, 0.5) is 0 Å². The molecule has 16 heavy (non-hydrogen) atoms. The Bertz CT molecular complexity index is 392. The number of nitrogens with zero attached hydrogens (tertiary/aromatic N) is 1. The Kier molecular flexibility index (Phi) is 3.26. The van der Waals surface area contributed by atoms with E-state index >= 15 is 0 Å². The summed E-state index contributed by atoms with van der Waals surface area (Å²) in [6.45, 7) is 0.161. The largest absolute Gasteiger partial charge is 0.387 e. The Morgan fingerprint density at radius 3 is 2.69 bits per heavy atom. The first kappa shape index (κ1) is 11.2. The third kappa shape index (κ3) is 2.25. The van der Waals surface area contributed by atoms with Crippen LogP contribution in [-0.2, 0) is 4.79 Å². The molecular weight excluding hydrogens is 224 g/mol. The summed E-state index contributed by atoms with van der Waals surface area (Å²) in [5.74, 6) is 0.199. The predicted molar refractivity (Wildman–Crippen MR) is 63.3 cm³/mol. The van der Waals surface area contributed by atoms with Crippen LogP contribution in [0.2, 0.25) is 0 Å². The van der Waals surface area contributed by atoms with Crippen molar-refractivity contribution in [3.8, 4) is 0 Å². The number of rotatable bonds is 3. The molecule has 84 valence electrons. The number of aliphatic hydroxyl groups is 1. The molecule has 1 aromatic rings. The van der Waals surface area contributed by atoms with Crippen LogP contribution in [0, 0.1) is 5.41 Å². The molecule has 4 nitrogen and oxygen atoms in total. The third-order valence-corrected chi connectivity index (χ3v) is 3.30. The maximum Gasteiger partial charge on any atom is 0.239 e. The summed E-state index contributed by atoms with van der Waals surface area (Å²) in [6.07, 6.45) is -0.732. The molecule has 1 saturated heterocycles. The quantitative estimate of drug-likeness (QED) is 0.829. The highest BCUT2D eigenvalue weighted by atomic mass is 32.2. The van der Waals surface area contributed by atoms with E-state index < -0.39 is 6.10 Å². The van der Waals surface area contributed by atoms with E-state index in [-0.39, 0.29) is 17.6 Å². The Balaban J connectivity index is 2.05. The number of carbonyl (C=O) groups is 1. The van der Waals surface area contributed by atoms with Crippen LogP contribution in [0.3, 0.4) is 0 Å². The number of nitrogens with one attached hydrogen (secondary N) is 1. The summed E-state index contributed by atoms with van der Waals surface area (Å²) in [5, 5.41) is 17.7. The second-order valence-corrected chi connectivity index (χ2v) is 4.49. The number of benzene rings is 1. The van der Waals surface area contributed by atoms with E-state index in [9.17, 15) is 9.90 Å². The molecular formula is C11H12N2O2S. The summed E-state index contributed by atoms with van der Waals surface area (Å²) in [5.41, 5.74) is 0.764. The van der Waals surface area contributed by atoms with Gasteiger partial charge in [0.25, 0.3) is 0 Å². The summed E-state index contributed by atoms with van der Waals surface area (Å²) in [4.78, 5) is 12.7. The smallest absolute Gasteiger partial charge is 0.239 e. The van der Waals surface area contributed by atoms with E-state index in [4.69, 9.17) is 5.41 Å². The fourth-order valence-electron chi connectivity index (χ4n) is 1.54. The van der Waals surface area contributed by atoms with Gasteiger partial charge in [0.05, 0.1) is 18.4 Å². The average Bonchev–Trinajstić information content (AvgIpc) is 2.62. The van der Waals surface area contributed by atoms with Crippen LogP contribution in [0.1, 0.15) is 11.7 Å². The molecule has 5 heteroatoms. The molecule has 1 aromatic carbocycles. The highest BCUT2D eigenvalue weighted by Gasteiger charge is 2.28. The van der Waals surface area contributed by atoms with Crippen LogP contribution < -0.4 is 0 Å². The van der Waals surface area contributed by atoms with Crippen LogP contribution in [0.5, 0.6) is 0 Å². The fraction of sp³-hybridized carbons (Fsp3) is 0.273. The highest BCUT2D eigenvalue weighted by molar-refractivity contribution is 8.14. The van der Waals surface area contributed by atoms with Gasteiger partial charge in [0.15, 0.2) is 5.17 Å². The van der Waals surface area contributed by atoms with Gasteiger partial charge in [-0.1, -0.05) is 42.1 Å².